The van der Waals surface area contributed by atoms with E-state index in [1.54, 1.807) is 0 Å². The molecule has 70 valence electrons. The van der Waals surface area contributed by atoms with Crippen LogP contribution in [0, 0.1) is 22.0 Å². The van der Waals surface area contributed by atoms with E-state index in [1.165, 1.54) is 0 Å². The molecule has 0 amide bonds. The van der Waals surface area contributed by atoms with Crippen molar-refractivity contribution >= 4 is 15.9 Å². The molecule has 0 N–H and O–H groups in total. The van der Waals surface area contributed by atoms with Gasteiger partial charge in [0.15, 0.2) is 0 Å². The summed E-state index contributed by atoms with van der Waals surface area (Å²) in [4.78, 5) is 10.6. The molecule has 0 saturated heterocycles. The Morgan fingerprint density at radius 2 is 2.08 bits per heavy atom. The van der Waals surface area contributed by atoms with Crippen molar-refractivity contribution in [3.8, 4) is 0 Å². The monoisotopic (exact) mass is 235 g/mol. The van der Waals surface area contributed by atoms with E-state index in [9.17, 15) is 10.1 Å². The first kappa shape index (κ1) is 9.96. The first-order chi connectivity index (χ1) is 5.47. The van der Waals surface area contributed by atoms with Gasteiger partial charge in [0, 0.05) is 33.2 Å². The van der Waals surface area contributed by atoms with E-state index in [4.69, 9.17) is 0 Å². The van der Waals surface area contributed by atoms with Gasteiger partial charge in [0.05, 0.1) is 0 Å². The molecule has 0 radical (unpaired) electrons. The van der Waals surface area contributed by atoms with Gasteiger partial charge in [0.2, 0.25) is 0 Å². The number of halogens is 1. The third kappa shape index (κ3) is 1.63. The molecule has 1 rings (SSSR count). The van der Waals surface area contributed by atoms with Crippen LogP contribution in [-0.4, -0.2) is 9.37 Å². The minimum atomic E-state index is -0.856. The van der Waals surface area contributed by atoms with Crippen molar-refractivity contribution in [1.29, 1.82) is 0 Å². The van der Waals surface area contributed by atoms with Crippen LogP contribution in [0.25, 0.3) is 0 Å². The van der Waals surface area contributed by atoms with Gasteiger partial charge in [-0.2, -0.15) is 0 Å². The van der Waals surface area contributed by atoms with Gasteiger partial charge >= 0.3 is 0 Å². The van der Waals surface area contributed by atoms with E-state index >= 15 is 0 Å². The third-order valence-corrected chi connectivity index (χ3v) is 4.18. The minimum absolute atomic E-state index is 0.142. The molecule has 12 heavy (non-hydrogen) atoms. The van der Waals surface area contributed by atoms with E-state index in [2.05, 4.69) is 22.9 Å². The highest BCUT2D eigenvalue weighted by molar-refractivity contribution is 9.10. The summed E-state index contributed by atoms with van der Waals surface area (Å²) in [6, 6.07) is 0. The van der Waals surface area contributed by atoms with Crippen molar-refractivity contribution in [2.75, 3.05) is 0 Å². The lowest BCUT2D eigenvalue weighted by molar-refractivity contribution is -0.550. The standard InChI is InChI=1S/C8H14BrNO2/c1-6-3-4-7(2)8(9,5-6)10(11)12/h6-7H,3-5H2,1-2H3. The number of hydrogen-bond acceptors (Lipinski definition) is 2. The third-order valence-electron chi connectivity index (χ3n) is 2.79. The Bertz CT molecular complexity index is 197. The van der Waals surface area contributed by atoms with Gasteiger partial charge in [-0.3, -0.25) is 10.1 Å². The molecule has 0 aromatic heterocycles. The van der Waals surface area contributed by atoms with Gasteiger partial charge in [-0.15, -0.1) is 0 Å². The lowest BCUT2D eigenvalue weighted by Crippen LogP contribution is -2.42. The smallest absolute Gasteiger partial charge is 0.263 e. The van der Waals surface area contributed by atoms with Gasteiger partial charge in [-0.25, -0.2) is 0 Å². The molecule has 0 heterocycles. The zero-order chi connectivity index (χ0) is 9.35. The summed E-state index contributed by atoms with van der Waals surface area (Å²) in [5.74, 6) is 0.606. The van der Waals surface area contributed by atoms with Gasteiger partial charge in [0.1, 0.15) is 0 Å². The van der Waals surface area contributed by atoms with E-state index in [1.807, 2.05) is 6.92 Å². The fourth-order valence-corrected chi connectivity index (χ4v) is 2.58. The largest absolute Gasteiger partial charge is 0.277 e. The normalized spacial score (nSPS) is 42.6. The molecule has 0 aromatic carbocycles. The summed E-state index contributed by atoms with van der Waals surface area (Å²) in [7, 11) is 0. The maximum atomic E-state index is 10.8. The lowest BCUT2D eigenvalue weighted by Gasteiger charge is -2.33. The predicted octanol–water partition coefficient (Wildman–Crippen LogP) is 2.81. The second-order valence-electron chi connectivity index (χ2n) is 3.86. The van der Waals surface area contributed by atoms with E-state index < -0.39 is 4.45 Å². The average Bonchev–Trinajstić information content (AvgIpc) is 1.97. The molecule has 0 aliphatic heterocycles. The van der Waals surface area contributed by atoms with E-state index in [0.717, 1.165) is 12.8 Å². The summed E-state index contributed by atoms with van der Waals surface area (Å²) in [5.41, 5.74) is 0. The van der Waals surface area contributed by atoms with Crippen LogP contribution < -0.4 is 0 Å². The molecule has 3 atom stereocenters. The van der Waals surface area contributed by atoms with Crippen LogP contribution >= 0.6 is 15.9 Å². The lowest BCUT2D eigenvalue weighted by atomic mass is 9.80. The molecule has 3 unspecified atom stereocenters. The maximum absolute atomic E-state index is 10.8. The Morgan fingerprint density at radius 3 is 2.50 bits per heavy atom. The van der Waals surface area contributed by atoms with Crippen LogP contribution in [0.5, 0.6) is 0 Å². The zero-order valence-electron chi connectivity index (χ0n) is 7.42. The zero-order valence-corrected chi connectivity index (χ0v) is 9.00. The highest BCUT2D eigenvalue weighted by atomic mass is 79.9. The molecule has 4 heteroatoms. The van der Waals surface area contributed by atoms with Crippen molar-refractivity contribution in [2.45, 2.75) is 37.6 Å². The van der Waals surface area contributed by atoms with Gasteiger partial charge in [-0.1, -0.05) is 13.8 Å². The predicted molar refractivity (Wildman–Crippen MR) is 50.8 cm³/mol. The Hall–Kier alpha value is -0.120. The van der Waals surface area contributed by atoms with Gasteiger partial charge < -0.3 is 0 Å². The van der Waals surface area contributed by atoms with Crippen molar-refractivity contribution in [1.82, 2.24) is 0 Å². The van der Waals surface area contributed by atoms with Crippen LogP contribution in [0.4, 0.5) is 0 Å². The quantitative estimate of drug-likeness (QED) is 0.304. The van der Waals surface area contributed by atoms with Crippen LogP contribution in [0.2, 0.25) is 0 Å². The van der Waals surface area contributed by atoms with Crippen molar-refractivity contribution in [3.63, 3.8) is 0 Å². The molecular formula is C8H14BrNO2. The summed E-state index contributed by atoms with van der Waals surface area (Å²) >= 11 is 3.27. The van der Waals surface area contributed by atoms with Gasteiger partial charge in [0.25, 0.3) is 4.45 Å². The van der Waals surface area contributed by atoms with Crippen LogP contribution in [0.1, 0.15) is 33.1 Å². The molecule has 1 aliphatic carbocycles. The van der Waals surface area contributed by atoms with Crippen molar-refractivity contribution in [2.24, 2.45) is 11.8 Å². The van der Waals surface area contributed by atoms with Gasteiger partial charge in [-0.05, 0) is 18.8 Å². The highest BCUT2D eigenvalue weighted by Crippen LogP contribution is 2.43. The molecule has 0 spiro atoms. The Morgan fingerprint density at radius 1 is 1.50 bits per heavy atom. The Labute approximate surface area is 80.8 Å². The number of rotatable bonds is 1. The number of hydrogen-bond donors (Lipinski definition) is 0. The van der Waals surface area contributed by atoms with E-state index in [-0.39, 0.29) is 10.8 Å². The van der Waals surface area contributed by atoms with Crippen molar-refractivity contribution < 1.29 is 4.92 Å². The highest BCUT2D eigenvalue weighted by Gasteiger charge is 2.48. The van der Waals surface area contributed by atoms with Crippen LogP contribution in [0.3, 0.4) is 0 Å². The molecule has 3 nitrogen and oxygen atoms in total. The fourth-order valence-electron chi connectivity index (χ4n) is 1.80. The maximum Gasteiger partial charge on any atom is 0.277 e. The second kappa shape index (κ2) is 3.32. The van der Waals surface area contributed by atoms with Crippen LogP contribution in [0.15, 0.2) is 0 Å². The molecule has 1 aliphatic rings. The number of nitro groups is 1. The van der Waals surface area contributed by atoms with E-state index in [0.29, 0.717) is 12.3 Å². The molecule has 0 aromatic rings. The summed E-state index contributed by atoms with van der Waals surface area (Å²) in [5, 5.41) is 10.8. The van der Waals surface area contributed by atoms with Crippen LogP contribution in [-0.2, 0) is 0 Å². The fraction of sp³-hybridized carbons (Fsp3) is 1.00. The number of alkyl halides is 1. The molecule has 1 saturated carbocycles. The summed E-state index contributed by atoms with van der Waals surface area (Å²) in [6.07, 6.45) is 2.72. The SMILES string of the molecule is CC1CCC(C)C(Br)([N+](=O)[O-])C1. The minimum Gasteiger partial charge on any atom is -0.263 e. The molecule has 0 bridgehead atoms. The average molecular weight is 236 g/mol. The molecular weight excluding hydrogens is 222 g/mol. The first-order valence-corrected chi connectivity index (χ1v) is 5.09. The summed E-state index contributed by atoms with van der Waals surface area (Å²) in [6.45, 7) is 4.02. The van der Waals surface area contributed by atoms with Crippen molar-refractivity contribution in [3.05, 3.63) is 10.1 Å². The Kier molecular flexibility index (Phi) is 2.76. The molecule has 1 fully saturated rings. The Balaban J connectivity index is 2.77. The number of nitrogens with zero attached hydrogens (tertiary/aromatic N) is 1. The summed E-state index contributed by atoms with van der Waals surface area (Å²) < 4.78 is -0.856. The topological polar surface area (TPSA) is 43.1 Å². The first-order valence-electron chi connectivity index (χ1n) is 4.30. The second-order valence-corrected chi connectivity index (χ2v) is 5.24.